The minimum Gasteiger partial charge on any atom is -0.467 e. The zero-order valence-corrected chi connectivity index (χ0v) is 5.00. The van der Waals surface area contributed by atoms with Crippen LogP contribution in [0.4, 0.5) is 0 Å². The Balaban J connectivity index is 3.62. The van der Waals surface area contributed by atoms with Crippen molar-refractivity contribution in [2.24, 2.45) is 0 Å². The number of carbonyl (C=O) groups excluding carboxylic acids is 1. The van der Waals surface area contributed by atoms with Crippen molar-refractivity contribution >= 4 is 5.97 Å². The summed E-state index contributed by atoms with van der Waals surface area (Å²) >= 11 is 0. The van der Waals surface area contributed by atoms with E-state index in [4.69, 9.17) is 10.4 Å². The van der Waals surface area contributed by atoms with Crippen molar-refractivity contribution < 1.29 is 14.6 Å². The average molecular weight is 129 g/mol. The van der Waals surface area contributed by atoms with Gasteiger partial charge < -0.3 is 9.84 Å². The van der Waals surface area contributed by atoms with Gasteiger partial charge in [-0.1, -0.05) is 0 Å². The number of esters is 1. The van der Waals surface area contributed by atoms with Crippen LogP contribution in [0.1, 0.15) is 6.42 Å². The van der Waals surface area contributed by atoms with Crippen LogP contribution in [0.25, 0.3) is 0 Å². The maximum Gasteiger partial charge on any atom is 0.335 e. The largest absolute Gasteiger partial charge is 0.467 e. The first-order valence-electron chi connectivity index (χ1n) is 2.35. The van der Waals surface area contributed by atoms with Gasteiger partial charge in [-0.15, -0.1) is 0 Å². The molecule has 0 aromatic carbocycles. The van der Waals surface area contributed by atoms with Crippen LogP contribution in [0.3, 0.4) is 0 Å². The van der Waals surface area contributed by atoms with Crippen LogP contribution < -0.4 is 0 Å². The molecule has 0 fully saturated rings. The van der Waals surface area contributed by atoms with E-state index < -0.39 is 12.1 Å². The zero-order valence-electron chi connectivity index (χ0n) is 5.00. The Morgan fingerprint density at radius 1 is 2.00 bits per heavy atom. The zero-order chi connectivity index (χ0) is 7.28. The predicted molar refractivity (Wildman–Crippen MR) is 28.3 cm³/mol. The topological polar surface area (TPSA) is 70.3 Å². The van der Waals surface area contributed by atoms with Gasteiger partial charge in [-0.2, -0.15) is 5.26 Å². The molecule has 0 aromatic rings. The molecule has 0 aromatic heterocycles. The molecule has 50 valence electrons. The molecule has 0 aliphatic rings. The van der Waals surface area contributed by atoms with E-state index in [0.29, 0.717) is 0 Å². The first kappa shape index (κ1) is 7.92. The molecule has 0 rings (SSSR count). The molecule has 4 heteroatoms. The Morgan fingerprint density at radius 2 is 2.56 bits per heavy atom. The number of methoxy groups -OCH3 is 1. The van der Waals surface area contributed by atoms with E-state index in [9.17, 15) is 4.79 Å². The fraction of sp³-hybridized carbons (Fsp3) is 0.600. The first-order valence-corrected chi connectivity index (χ1v) is 2.35. The Bertz CT molecular complexity index is 138. The number of hydrogen-bond acceptors (Lipinski definition) is 4. The van der Waals surface area contributed by atoms with Gasteiger partial charge in [0.05, 0.1) is 19.6 Å². The lowest BCUT2D eigenvalue weighted by Crippen LogP contribution is -2.20. The summed E-state index contributed by atoms with van der Waals surface area (Å²) in [6, 6.07) is 1.63. The Labute approximate surface area is 52.7 Å². The number of rotatable bonds is 2. The first-order chi connectivity index (χ1) is 4.22. The van der Waals surface area contributed by atoms with Gasteiger partial charge in [0.2, 0.25) is 0 Å². The van der Waals surface area contributed by atoms with E-state index >= 15 is 0 Å². The van der Waals surface area contributed by atoms with Crippen LogP contribution in [0.2, 0.25) is 0 Å². The molecule has 1 N–H and O–H groups in total. The van der Waals surface area contributed by atoms with Crippen LogP contribution in [0.5, 0.6) is 0 Å². The number of hydrogen-bond donors (Lipinski definition) is 1. The Hall–Kier alpha value is -1.08. The Morgan fingerprint density at radius 3 is 2.89 bits per heavy atom. The van der Waals surface area contributed by atoms with Gasteiger partial charge in [-0.3, -0.25) is 0 Å². The van der Waals surface area contributed by atoms with Gasteiger partial charge in [0.1, 0.15) is 0 Å². The van der Waals surface area contributed by atoms with Crippen molar-refractivity contribution in [1.29, 1.82) is 5.26 Å². The molecule has 0 amide bonds. The molecule has 0 aliphatic heterocycles. The van der Waals surface area contributed by atoms with Crippen LogP contribution >= 0.6 is 0 Å². The van der Waals surface area contributed by atoms with Crippen molar-refractivity contribution in [3.63, 3.8) is 0 Å². The van der Waals surface area contributed by atoms with E-state index in [0.717, 1.165) is 7.11 Å². The molecule has 0 bridgehead atoms. The summed E-state index contributed by atoms with van der Waals surface area (Å²) in [6.45, 7) is 0. The summed E-state index contributed by atoms with van der Waals surface area (Å²) in [5.41, 5.74) is 0. The predicted octanol–water partition coefficient (Wildman–Crippen LogP) is -0.566. The summed E-state index contributed by atoms with van der Waals surface area (Å²) in [5.74, 6) is -0.767. The standard InChI is InChI=1S/C5H7NO3/c1-9-5(8)4(7)2-3-6/h4,7H,2H2,1H3. The lowest BCUT2D eigenvalue weighted by atomic mass is 10.3. The molecule has 0 aliphatic carbocycles. The molecule has 0 spiro atoms. The smallest absolute Gasteiger partial charge is 0.335 e. The van der Waals surface area contributed by atoms with Crippen LogP contribution in [-0.2, 0) is 9.53 Å². The molecule has 0 radical (unpaired) electrons. The summed E-state index contributed by atoms with van der Waals surface area (Å²) in [6.07, 6.45) is -1.51. The second kappa shape index (κ2) is 3.87. The van der Waals surface area contributed by atoms with Crippen molar-refractivity contribution in [2.45, 2.75) is 12.5 Å². The Kier molecular flexibility index (Phi) is 3.40. The molecule has 0 heterocycles. The lowest BCUT2D eigenvalue weighted by molar-refractivity contribution is -0.150. The van der Waals surface area contributed by atoms with Gasteiger partial charge in [0, 0.05) is 0 Å². The highest BCUT2D eigenvalue weighted by molar-refractivity contribution is 5.74. The van der Waals surface area contributed by atoms with Crippen molar-refractivity contribution in [2.75, 3.05) is 7.11 Å². The molecule has 9 heavy (non-hydrogen) atoms. The SMILES string of the molecule is COC(=O)C(O)CC#N. The quantitative estimate of drug-likeness (QED) is 0.507. The van der Waals surface area contributed by atoms with Gasteiger partial charge >= 0.3 is 5.97 Å². The third-order valence-electron chi connectivity index (χ3n) is 0.758. The maximum absolute atomic E-state index is 10.3. The third-order valence-corrected chi connectivity index (χ3v) is 0.758. The second-order valence-electron chi connectivity index (χ2n) is 1.40. The highest BCUT2D eigenvalue weighted by Crippen LogP contribution is 1.90. The van der Waals surface area contributed by atoms with E-state index in [1.807, 2.05) is 0 Å². The van der Waals surface area contributed by atoms with E-state index in [2.05, 4.69) is 4.74 Å². The summed E-state index contributed by atoms with van der Waals surface area (Å²) in [7, 11) is 1.16. The number of aliphatic hydroxyl groups is 1. The summed E-state index contributed by atoms with van der Waals surface area (Å²) in [4.78, 5) is 10.3. The molecule has 0 saturated heterocycles. The fourth-order valence-corrected chi connectivity index (χ4v) is 0.306. The van der Waals surface area contributed by atoms with Crippen LogP contribution in [0, 0.1) is 11.3 Å². The molecule has 1 unspecified atom stereocenters. The fourth-order valence-electron chi connectivity index (χ4n) is 0.306. The minimum absolute atomic E-state index is 0.216. The number of carbonyl (C=O) groups is 1. The minimum atomic E-state index is -1.29. The normalized spacial score (nSPS) is 11.7. The van der Waals surface area contributed by atoms with Crippen molar-refractivity contribution in [3.05, 3.63) is 0 Å². The average Bonchev–Trinajstić information content (AvgIpc) is 1.87. The summed E-state index contributed by atoms with van der Waals surface area (Å²) in [5, 5.41) is 16.6. The summed E-state index contributed by atoms with van der Waals surface area (Å²) < 4.78 is 4.12. The van der Waals surface area contributed by atoms with Crippen molar-refractivity contribution in [1.82, 2.24) is 0 Å². The molecule has 1 atom stereocenters. The number of ether oxygens (including phenoxy) is 1. The van der Waals surface area contributed by atoms with E-state index in [1.54, 1.807) is 6.07 Å². The molecular formula is C5H7NO3. The molecule has 0 saturated carbocycles. The second-order valence-corrected chi connectivity index (χ2v) is 1.40. The van der Waals surface area contributed by atoms with Crippen LogP contribution in [-0.4, -0.2) is 24.3 Å². The molecule has 4 nitrogen and oxygen atoms in total. The number of nitriles is 1. The van der Waals surface area contributed by atoms with E-state index in [-0.39, 0.29) is 6.42 Å². The van der Waals surface area contributed by atoms with Gasteiger partial charge in [-0.25, -0.2) is 4.79 Å². The van der Waals surface area contributed by atoms with Gasteiger partial charge in [0.15, 0.2) is 6.10 Å². The highest BCUT2D eigenvalue weighted by atomic mass is 16.5. The van der Waals surface area contributed by atoms with Crippen molar-refractivity contribution in [3.8, 4) is 6.07 Å². The molecular weight excluding hydrogens is 122 g/mol. The lowest BCUT2D eigenvalue weighted by Gasteiger charge is -2.00. The van der Waals surface area contributed by atoms with E-state index in [1.165, 1.54) is 0 Å². The highest BCUT2D eigenvalue weighted by Gasteiger charge is 2.13. The number of nitrogens with zero attached hydrogens (tertiary/aromatic N) is 1. The third kappa shape index (κ3) is 2.67. The van der Waals surface area contributed by atoms with Crippen LogP contribution in [0.15, 0.2) is 0 Å². The number of aliphatic hydroxyl groups excluding tert-OH is 1. The van der Waals surface area contributed by atoms with Gasteiger partial charge in [0.25, 0.3) is 0 Å². The monoisotopic (exact) mass is 129 g/mol. The maximum atomic E-state index is 10.3. The van der Waals surface area contributed by atoms with Gasteiger partial charge in [-0.05, 0) is 0 Å².